The Morgan fingerprint density at radius 2 is 1.70 bits per heavy atom. The quantitative estimate of drug-likeness (QED) is 0.362. The molecule has 2 aliphatic rings. The van der Waals surface area contributed by atoms with Crippen LogP contribution in [0.25, 0.3) is 0 Å². The van der Waals surface area contributed by atoms with E-state index in [2.05, 4.69) is 22.5 Å². The van der Waals surface area contributed by atoms with Crippen molar-refractivity contribution >= 4 is 46.7 Å². The van der Waals surface area contributed by atoms with Crippen LogP contribution in [-0.4, -0.2) is 60.9 Å². The largest absolute Gasteiger partial charge is 0.460 e. The molecule has 2 aliphatic heterocycles. The van der Waals surface area contributed by atoms with Crippen LogP contribution in [0, 0.1) is 5.92 Å². The van der Waals surface area contributed by atoms with Crippen LogP contribution in [0.4, 0.5) is 17.1 Å². The number of anilines is 3. The Balaban J connectivity index is 1.61. The van der Waals surface area contributed by atoms with Crippen LogP contribution in [0.3, 0.4) is 0 Å². The molecule has 228 valence electrons. The molecule has 2 aromatic carbocycles. The number of benzene rings is 2. The van der Waals surface area contributed by atoms with E-state index in [1.165, 1.54) is 11.8 Å². The van der Waals surface area contributed by atoms with E-state index in [-0.39, 0.29) is 37.3 Å². The van der Waals surface area contributed by atoms with Gasteiger partial charge < -0.3 is 25.6 Å². The predicted octanol–water partition coefficient (Wildman–Crippen LogP) is 3.37. The van der Waals surface area contributed by atoms with Gasteiger partial charge in [-0.2, -0.15) is 0 Å². The van der Waals surface area contributed by atoms with Gasteiger partial charge in [0, 0.05) is 23.9 Å². The lowest BCUT2D eigenvalue weighted by atomic mass is 9.95. The topological polar surface area (TPSA) is 137 Å². The summed E-state index contributed by atoms with van der Waals surface area (Å²) in [6.07, 6.45) is 0.994. The number of rotatable bonds is 10. The molecule has 0 aliphatic carbocycles. The Bertz CT molecular complexity index is 1410. The van der Waals surface area contributed by atoms with E-state index in [9.17, 15) is 24.0 Å². The van der Waals surface area contributed by atoms with Gasteiger partial charge in [-0.1, -0.05) is 39.5 Å². The molecule has 11 nitrogen and oxygen atoms in total. The Kier molecular flexibility index (Phi) is 9.84. The Hall–Kier alpha value is -4.67. The van der Waals surface area contributed by atoms with Crippen molar-refractivity contribution in [3.63, 3.8) is 0 Å². The van der Waals surface area contributed by atoms with Crippen LogP contribution < -0.4 is 25.8 Å². The summed E-state index contributed by atoms with van der Waals surface area (Å²) < 4.78 is 5.48. The smallest absolute Gasteiger partial charge is 0.308 e. The van der Waals surface area contributed by atoms with Crippen LogP contribution in [0.2, 0.25) is 0 Å². The van der Waals surface area contributed by atoms with Crippen molar-refractivity contribution < 1.29 is 28.7 Å². The van der Waals surface area contributed by atoms with E-state index in [0.717, 1.165) is 12.1 Å². The molecule has 0 bridgehead atoms. The minimum Gasteiger partial charge on any atom is -0.460 e. The maximum atomic E-state index is 14.1. The zero-order valence-corrected chi connectivity index (χ0v) is 25.0. The molecule has 0 saturated carbocycles. The second-order valence-corrected chi connectivity index (χ2v) is 10.9. The van der Waals surface area contributed by atoms with Crippen LogP contribution in [0.5, 0.6) is 0 Å². The number of ether oxygens (including phenoxy) is 1. The molecule has 4 rings (SSSR count). The lowest BCUT2D eigenvalue weighted by molar-refractivity contribution is -0.143. The molecule has 0 aromatic heterocycles. The summed E-state index contributed by atoms with van der Waals surface area (Å²) in [5.74, 6) is -1.94. The molecule has 4 atom stereocenters. The van der Waals surface area contributed by atoms with Gasteiger partial charge in [-0.25, -0.2) is 0 Å². The number of hydrogen-bond donors (Lipinski definition) is 3. The third kappa shape index (κ3) is 7.22. The van der Waals surface area contributed by atoms with E-state index in [4.69, 9.17) is 4.74 Å². The number of allylic oxidation sites excluding steroid dienone is 1. The summed E-state index contributed by atoms with van der Waals surface area (Å²) in [5.41, 5.74) is 2.77. The van der Waals surface area contributed by atoms with Gasteiger partial charge in [-0.3, -0.25) is 28.9 Å². The third-order valence-electron chi connectivity index (χ3n) is 7.86. The van der Waals surface area contributed by atoms with Gasteiger partial charge in [0.1, 0.15) is 18.7 Å². The van der Waals surface area contributed by atoms with Gasteiger partial charge in [0.25, 0.3) is 11.8 Å². The van der Waals surface area contributed by atoms with Crippen molar-refractivity contribution in [1.29, 1.82) is 0 Å². The van der Waals surface area contributed by atoms with E-state index in [0.29, 0.717) is 29.0 Å². The number of para-hydroxylation sites is 2. The zero-order chi connectivity index (χ0) is 31.3. The monoisotopic (exact) mass is 589 g/mol. The molecular formula is C32H39N5O6. The lowest BCUT2D eigenvalue weighted by Gasteiger charge is -2.28. The number of carbonyl (C=O) groups excluding carboxylic acids is 5. The summed E-state index contributed by atoms with van der Waals surface area (Å²) in [7, 11) is 0. The summed E-state index contributed by atoms with van der Waals surface area (Å²) in [6, 6.07) is 12.0. The number of hydrogen-bond acceptors (Lipinski definition) is 7. The second-order valence-electron chi connectivity index (χ2n) is 10.9. The average Bonchev–Trinajstić information content (AvgIpc) is 3.31. The number of nitrogens with one attached hydrogen (secondary N) is 3. The third-order valence-corrected chi connectivity index (χ3v) is 7.86. The molecule has 43 heavy (non-hydrogen) atoms. The number of fused-ring (bicyclic) bond motifs is 1. The van der Waals surface area contributed by atoms with Crippen molar-refractivity contribution in [2.75, 3.05) is 28.2 Å². The molecule has 1 fully saturated rings. The predicted molar refractivity (Wildman–Crippen MR) is 163 cm³/mol. The molecule has 11 heteroatoms. The SMILES string of the molecule is C=C(CC)N1CC(NC(=O)c2ccc(NC(C)=O)cc2)C(=O)N(CC(=O)NC2CC(=O)OC2C(C)CC)c2ccccc21. The number of carbonyl (C=O) groups is 5. The fourth-order valence-electron chi connectivity index (χ4n) is 5.35. The average molecular weight is 590 g/mol. The number of nitrogens with zero attached hydrogens (tertiary/aromatic N) is 2. The molecule has 4 unspecified atom stereocenters. The summed E-state index contributed by atoms with van der Waals surface area (Å²) in [5, 5.41) is 8.41. The van der Waals surface area contributed by atoms with Crippen LogP contribution >= 0.6 is 0 Å². The van der Waals surface area contributed by atoms with E-state index >= 15 is 0 Å². The molecule has 2 aromatic rings. The Labute approximate surface area is 251 Å². The second kappa shape index (κ2) is 13.5. The minimum absolute atomic E-state index is 0.0535. The molecule has 0 radical (unpaired) electrons. The summed E-state index contributed by atoms with van der Waals surface area (Å²) in [6.45, 7) is 11.3. The highest BCUT2D eigenvalue weighted by Gasteiger charge is 2.40. The molecular weight excluding hydrogens is 550 g/mol. The normalized spacial score (nSPS) is 20.4. The lowest BCUT2D eigenvalue weighted by Crippen LogP contribution is -2.54. The summed E-state index contributed by atoms with van der Waals surface area (Å²) in [4.78, 5) is 67.5. The molecule has 3 N–H and O–H groups in total. The Morgan fingerprint density at radius 1 is 1.02 bits per heavy atom. The standard InChI is InChI=1S/C32H39N5O6/c1-6-19(3)30-24(16-29(40)43-30)34-28(39)18-37-27-11-9-8-10-26(27)36(20(4)7-2)17-25(32(37)42)35-31(41)22-12-14-23(15-13-22)33-21(5)38/h8-15,19,24-25,30H,4,6-7,16-18H2,1-3,5H3,(H,33,38)(H,34,39)(H,35,41). The number of cyclic esters (lactones) is 1. The van der Waals surface area contributed by atoms with Crippen LogP contribution in [0.1, 0.15) is 57.3 Å². The van der Waals surface area contributed by atoms with Gasteiger partial charge >= 0.3 is 5.97 Å². The van der Waals surface area contributed by atoms with Crippen LogP contribution in [-0.2, 0) is 23.9 Å². The molecule has 0 spiro atoms. The Morgan fingerprint density at radius 3 is 2.33 bits per heavy atom. The minimum atomic E-state index is -1.02. The van der Waals surface area contributed by atoms with Gasteiger partial charge in [-0.15, -0.1) is 0 Å². The van der Waals surface area contributed by atoms with E-state index in [1.54, 1.807) is 36.4 Å². The van der Waals surface area contributed by atoms with Crippen LogP contribution in [0.15, 0.2) is 60.8 Å². The maximum absolute atomic E-state index is 14.1. The highest BCUT2D eigenvalue weighted by atomic mass is 16.6. The van der Waals surface area contributed by atoms with E-state index in [1.807, 2.05) is 37.8 Å². The van der Waals surface area contributed by atoms with Crippen molar-refractivity contribution in [2.24, 2.45) is 5.92 Å². The first-order valence-corrected chi connectivity index (χ1v) is 14.5. The molecule has 1 saturated heterocycles. The van der Waals surface area contributed by atoms with Gasteiger partial charge in [0.15, 0.2) is 0 Å². The highest BCUT2D eigenvalue weighted by Crippen LogP contribution is 2.35. The zero-order valence-electron chi connectivity index (χ0n) is 25.0. The highest BCUT2D eigenvalue weighted by molar-refractivity contribution is 6.08. The van der Waals surface area contributed by atoms with Crippen molar-refractivity contribution in [3.8, 4) is 0 Å². The summed E-state index contributed by atoms with van der Waals surface area (Å²) >= 11 is 0. The first kappa shape index (κ1) is 31.3. The maximum Gasteiger partial charge on any atom is 0.308 e. The van der Waals surface area contributed by atoms with Crippen molar-refractivity contribution in [3.05, 3.63) is 66.4 Å². The first-order chi connectivity index (χ1) is 20.5. The fourth-order valence-corrected chi connectivity index (χ4v) is 5.35. The number of esters is 1. The van der Waals surface area contributed by atoms with Gasteiger partial charge in [0.05, 0.1) is 30.4 Å². The van der Waals surface area contributed by atoms with Crippen molar-refractivity contribution in [2.45, 2.75) is 65.1 Å². The van der Waals surface area contributed by atoms with Crippen molar-refractivity contribution in [1.82, 2.24) is 10.6 Å². The number of amides is 4. The molecule has 4 amide bonds. The molecule has 2 heterocycles. The first-order valence-electron chi connectivity index (χ1n) is 14.5. The van der Waals surface area contributed by atoms with Gasteiger partial charge in [0.2, 0.25) is 11.8 Å². The van der Waals surface area contributed by atoms with Gasteiger partial charge in [-0.05, 0) is 55.2 Å². The van der Waals surface area contributed by atoms with E-state index < -0.39 is 35.9 Å². The fraction of sp³-hybridized carbons (Fsp3) is 0.406.